The lowest BCUT2D eigenvalue weighted by Gasteiger charge is -1.76. The maximum atomic E-state index is 5.16. The summed E-state index contributed by atoms with van der Waals surface area (Å²) in [7, 11) is 0. The second kappa shape index (κ2) is 2.30. The molecule has 0 saturated heterocycles. The summed E-state index contributed by atoms with van der Waals surface area (Å²) >= 11 is 2.59. The molecule has 0 unspecified atom stereocenters. The van der Waals surface area contributed by atoms with E-state index >= 15 is 0 Å². The molecule has 4 heteroatoms. The number of nitrogens with zero attached hydrogens (tertiary/aromatic N) is 1. The van der Waals surface area contributed by atoms with Crippen molar-refractivity contribution in [1.29, 1.82) is 0 Å². The molecule has 0 aromatic carbocycles. The van der Waals surface area contributed by atoms with Gasteiger partial charge in [-0.25, -0.2) is 0 Å². The number of hydrogen-bond acceptors (Lipinski definition) is 4. The first-order valence-electron chi connectivity index (χ1n) is 1.70. The fourth-order valence-corrected chi connectivity index (χ4v) is 1.21. The van der Waals surface area contributed by atoms with Gasteiger partial charge in [0.25, 0.3) is 0 Å². The summed E-state index contributed by atoms with van der Waals surface area (Å²) in [6.45, 7) is 0. The SMILES string of the molecule is NSc1ccsn1. The Bertz CT molecular complexity index is 125. The van der Waals surface area contributed by atoms with E-state index < -0.39 is 0 Å². The standard InChI is InChI=1S/C3H4N2S2/c4-7-3-1-2-6-5-3/h1-2H,4H2. The van der Waals surface area contributed by atoms with Crippen molar-refractivity contribution in [3.63, 3.8) is 0 Å². The zero-order chi connectivity index (χ0) is 5.11. The first-order valence-corrected chi connectivity index (χ1v) is 3.42. The molecule has 1 heterocycles. The Labute approximate surface area is 50.0 Å². The zero-order valence-corrected chi connectivity index (χ0v) is 5.13. The van der Waals surface area contributed by atoms with E-state index in [-0.39, 0.29) is 0 Å². The topological polar surface area (TPSA) is 38.9 Å². The van der Waals surface area contributed by atoms with Crippen LogP contribution in [0.2, 0.25) is 0 Å². The third-order valence-corrected chi connectivity index (χ3v) is 1.68. The predicted molar refractivity (Wildman–Crippen MR) is 32.2 cm³/mol. The Morgan fingerprint density at radius 2 is 2.71 bits per heavy atom. The smallest absolute Gasteiger partial charge is 0.124 e. The van der Waals surface area contributed by atoms with Crippen molar-refractivity contribution in [3.8, 4) is 0 Å². The molecule has 0 spiro atoms. The van der Waals surface area contributed by atoms with Gasteiger partial charge in [0.05, 0.1) is 0 Å². The summed E-state index contributed by atoms with van der Waals surface area (Å²) in [6.07, 6.45) is 0. The van der Waals surface area contributed by atoms with Crippen molar-refractivity contribution in [2.75, 3.05) is 0 Å². The molecule has 0 fully saturated rings. The average molecular weight is 132 g/mol. The minimum Gasteiger partial charge on any atom is -0.272 e. The Morgan fingerprint density at radius 3 is 3.00 bits per heavy atom. The second-order valence-corrected chi connectivity index (χ2v) is 2.28. The molecule has 1 rings (SSSR count). The van der Waals surface area contributed by atoms with Crippen LogP contribution in [0.15, 0.2) is 16.5 Å². The summed E-state index contributed by atoms with van der Waals surface area (Å²) in [5, 5.41) is 7.95. The van der Waals surface area contributed by atoms with Crippen LogP contribution in [0, 0.1) is 0 Å². The number of aromatic nitrogens is 1. The number of nitrogens with two attached hydrogens (primary N) is 1. The molecule has 38 valence electrons. The van der Waals surface area contributed by atoms with Gasteiger partial charge in [-0.1, -0.05) is 0 Å². The minimum absolute atomic E-state index is 0.894. The first-order chi connectivity index (χ1) is 3.43. The van der Waals surface area contributed by atoms with Crippen LogP contribution in [0.4, 0.5) is 0 Å². The van der Waals surface area contributed by atoms with Gasteiger partial charge in [0.2, 0.25) is 0 Å². The normalized spacial score (nSPS) is 9.29. The molecule has 0 aliphatic carbocycles. The van der Waals surface area contributed by atoms with Gasteiger partial charge in [-0.3, -0.25) is 5.14 Å². The van der Waals surface area contributed by atoms with E-state index in [1.54, 1.807) is 0 Å². The van der Waals surface area contributed by atoms with Crippen LogP contribution in [0.25, 0.3) is 0 Å². The Kier molecular flexibility index (Phi) is 1.67. The molecule has 2 N–H and O–H groups in total. The molecule has 0 atom stereocenters. The van der Waals surface area contributed by atoms with Gasteiger partial charge in [0.1, 0.15) is 5.03 Å². The third kappa shape index (κ3) is 1.15. The van der Waals surface area contributed by atoms with Gasteiger partial charge in [-0.2, -0.15) is 4.37 Å². The number of hydrogen-bond donors (Lipinski definition) is 1. The summed E-state index contributed by atoms with van der Waals surface area (Å²) in [5.74, 6) is 0. The van der Waals surface area contributed by atoms with Crippen molar-refractivity contribution in [3.05, 3.63) is 11.4 Å². The summed E-state index contributed by atoms with van der Waals surface area (Å²) < 4.78 is 3.91. The highest BCUT2D eigenvalue weighted by atomic mass is 32.2. The summed E-state index contributed by atoms with van der Waals surface area (Å²) in [5.41, 5.74) is 0. The van der Waals surface area contributed by atoms with Crippen LogP contribution >= 0.6 is 23.5 Å². The Hall–Kier alpha value is -0.0600. The highest BCUT2D eigenvalue weighted by Crippen LogP contribution is 2.08. The minimum atomic E-state index is 0.894. The summed E-state index contributed by atoms with van der Waals surface area (Å²) in [6, 6.07) is 1.88. The maximum absolute atomic E-state index is 5.16. The molecule has 0 bridgehead atoms. The van der Waals surface area contributed by atoms with Crippen molar-refractivity contribution in [2.24, 2.45) is 5.14 Å². The monoisotopic (exact) mass is 132 g/mol. The molecule has 7 heavy (non-hydrogen) atoms. The van der Waals surface area contributed by atoms with Crippen molar-refractivity contribution in [1.82, 2.24) is 4.37 Å². The van der Waals surface area contributed by atoms with Crippen LogP contribution < -0.4 is 5.14 Å². The largest absolute Gasteiger partial charge is 0.272 e. The summed E-state index contributed by atoms with van der Waals surface area (Å²) in [4.78, 5) is 0. The van der Waals surface area contributed by atoms with Crippen LogP contribution in [0.1, 0.15) is 0 Å². The van der Waals surface area contributed by atoms with Gasteiger partial charge in [-0.05, 0) is 29.5 Å². The molecule has 2 nitrogen and oxygen atoms in total. The van der Waals surface area contributed by atoms with E-state index in [0.29, 0.717) is 0 Å². The Balaban J connectivity index is 2.76. The molecule has 0 amide bonds. The van der Waals surface area contributed by atoms with E-state index in [9.17, 15) is 0 Å². The van der Waals surface area contributed by atoms with Crippen LogP contribution in [0.3, 0.4) is 0 Å². The molecule has 0 aliphatic heterocycles. The van der Waals surface area contributed by atoms with E-state index in [4.69, 9.17) is 5.14 Å². The molecule has 0 radical (unpaired) electrons. The van der Waals surface area contributed by atoms with Gasteiger partial charge in [-0.15, -0.1) is 0 Å². The quantitative estimate of drug-likeness (QED) is 0.582. The van der Waals surface area contributed by atoms with Gasteiger partial charge < -0.3 is 0 Å². The molecule has 1 aromatic heterocycles. The van der Waals surface area contributed by atoms with E-state index in [2.05, 4.69) is 4.37 Å². The van der Waals surface area contributed by atoms with E-state index in [1.807, 2.05) is 11.4 Å². The molecular formula is C3H4N2S2. The molecule has 0 aliphatic rings. The number of rotatable bonds is 1. The van der Waals surface area contributed by atoms with E-state index in [1.165, 1.54) is 23.5 Å². The van der Waals surface area contributed by atoms with Gasteiger partial charge >= 0.3 is 0 Å². The fraction of sp³-hybridized carbons (Fsp3) is 0. The predicted octanol–water partition coefficient (Wildman–Crippen LogP) is 1.11. The Morgan fingerprint density at radius 1 is 1.86 bits per heavy atom. The lowest BCUT2D eigenvalue weighted by Crippen LogP contribution is -1.75. The lowest BCUT2D eigenvalue weighted by molar-refractivity contribution is 1.29. The van der Waals surface area contributed by atoms with Gasteiger partial charge in [0.15, 0.2) is 0 Å². The fourth-order valence-electron chi connectivity index (χ4n) is 0.262. The van der Waals surface area contributed by atoms with Crippen molar-refractivity contribution < 1.29 is 0 Å². The van der Waals surface area contributed by atoms with Crippen LogP contribution in [0.5, 0.6) is 0 Å². The van der Waals surface area contributed by atoms with Crippen LogP contribution in [-0.4, -0.2) is 4.37 Å². The van der Waals surface area contributed by atoms with Crippen LogP contribution in [-0.2, 0) is 0 Å². The zero-order valence-electron chi connectivity index (χ0n) is 3.50. The highest BCUT2D eigenvalue weighted by Gasteiger charge is 1.85. The van der Waals surface area contributed by atoms with Gasteiger partial charge in [0, 0.05) is 5.38 Å². The first kappa shape index (κ1) is 5.08. The average Bonchev–Trinajstić information content (AvgIpc) is 2.14. The third-order valence-electron chi connectivity index (χ3n) is 0.535. The van der Waals surface area contributed by atoms with Crippen molar-refractivity contribution >= 4 is 23.5 Å². The molecule has 1 aromatic rings. The van der Waals surface area contributed by atoms with Crippen molar-refractivity contribution in [2.45, 2.75) is 5.03 Å². The maximum Gasteiger partial charge on any atom is 0.124 e. The lowest BCUT2D eigenvalue weighted by atomic mass is 10.8. The second-order valence-electron chi connectivity index (χ2n) is 0.956. The molecular weight excluding hydrogens is 128 g/mol. The molecule has 0 saturated carbocycles. The highest BCUT2D eigenvalue weighted by molar-refractivity contribution is 7.97. The van der Waals surface area contributed by atoms with E-state index in [0.717, 1.165) is 5.03 Å².